The number of epoxide rings is 1. The van der Waals surface area contributed by atoms with Crippen molar-refractivity contribution in [2.45, 2.75) is 58.2 Å². The van der Waals surface area contributed by atoms with E-state index in [1.165, 1.54) is 19.3 Å². The van der Waals surface area contributed by atoms with Crippen LogP contribution < -0.4 is 0 Å². The molecule has 0 aromatic rings. The molecule has 70 valence electrons. The molecule has 0 saturated carbocycles. The number of ether oxygens (including phenoxy) is 1. The van der Waals surface area contributed by atoms with Crippen molar-refractivity contribution < 1.29 is 9.53 Å². The molecule has 1 rings (SSSR count). The van der Waals surface area contributed by atoms with Crippen LogP contribution in [-0.4, -0.2) is 18.0 Å². The van der Waals surface area contributed by atoms with E-state index in [0.29, 0.717) is 12.5 Å². The molecule has 1 heterocycles. The predicted molar refractivity (Wildman–Crippen MR) is 48.1 cm³/mol. The lowest BCUT2D eigenvalue weighted by Gasteiger charge is -1.93. The summed E-state index contributed by atoms with van der Waals surface area (Å²) < 4.78 is 5.35. The van der Waals surface area contributed by atoms with E-state index < -0.39 is 0 Å². The van der Waals surface area contributed by atoms with E-state index in [0.717, 1.165) is 6.42 Å². The van der Waals surface area contributed by atoms with Crippen LogP contribution in [0.5, 0.6) is 0 Å². The molecular weight excluding hydrogens is 152 g/mol. The summed E-state index contributed by atoms with van der Waals surface area (Å²) in [6.07, 6.45) is 6.22. The maximum atomic E-state index is 10.7. The zero-order valence-corrected chi connectivity index (χ0v) is 8.01. The standard InChI is InChI=1S/C10H18O2/c1-3-4-5-6-9-10(12-9)7-8(2)11/h9-10H,3-7H2,1-2H3/t9-,10+/m0/s1. The van der Waals surface area contributed by atoms with Gasteiger partial charge in [0.2, 0.25) is 0 Å². The number of carbonyl (C=O) groups is 1. The molecule has 1 aliphatic rings. The first-order valence-corrected chi connectivity index (χ1v) is 4.89. The van der Waals surface area contributed by atoms with E-state index in [-0.39, 0.29) is 11.9 Å². The highest BCUT2D eigenvalue weighted by molar-refractivity contribution is 5.76. The minimum absolute atomic E-state index is 0.248. The molecule has 0 amide bonds. The van der Waals surface area contributed by atoms with Crippen LogP contribution in [0.1, 0.15) is 46.0 Å². The lowest BCUT2D eigenvalue weighted by Crippen LogP contribution is -2.00. The van der Waals surface area contributed by atoms with Crippen molar-refractivity contribution in [3.8, 4) is 0 Å². The summed E-state index contributed by atoms with van der Waals surface area (Å²) in [6.45, 7) is 3.82. The van der Waals surface area contributed by atoms with Crippen molar-refractivity contribution in [1.82, 2.24) is 0 Å². The molecule has 0 N–H and O–H groups in total. The van der Waals surface area contributed by atoms with E-state index in [4.69, 9.17) is 4.74 Å². The number of ketones is 1. The molecule has 2 nitrogen and oxygen atoms in total. The van der Waals surface area contributed by atoms with Crippen LogP contribution >= 0.6 is 0 Å². The Morgan fingerprint density at radius 3 is 2.67 bits per heavy atom. The van der Waals surface area contributed by atoms with Crippen molar-refractivity contribution in [1.29, 1.82) is 0 Å². The number of hydrogen-bond donors (Lipinski definition) is 0. The van der Waals surface area contributed by atoms with Gasteiger partial charge in [-0.05, 0) is 13.3 Å². The Morgan fingerprint density at radius 2 is 2.08 bits per heavy atom. The molecule has 1 aliphatic heterocycles. The Hall–Kier alpha value is -0.370. The first-order valence-electron chi connectivity index (χ1n) is 4.89. The Morgan fingerprint density at radius 1 is 1.33 bits per heavy atom. The highest BCUT2D eigenvalue weighted by Gasteiger charge is 2.38. The van der Waals surface area contributed by atoms with Crippen LogP contribution in [0.3, 0.4) is 0 Å². The summed E-state index contributed by atoms with van der Waals surface area (Å²) in [5, 5.41) is 0. The average Bonchev–Trinajstić information content (AvgIpc) is 2.67. The fourth-order valence-electron chi connectivity index (χ4n) is 1.49. The largest absolute Gasteiger partial charge is 0.369 e. The summed E-state index contributed by atoms with van der Waals surface area (Å²) in [4.78, 5) is 10.7. The Balaban J connectivity index is 1.97. The summed E-state index contributed by atoms with van der Waals surface area (Å²) >= 11 is 0. The van der Waals surface area contributed by atoms with E-state index >= 15 is 0 Å². The second-order valence-corrected chi connectivity index (χ2v) is 3.61. The van der Waals surface area contributed by atoms with Crippen LogP contribution in [-0.2, 0) is 9.53 Å². The molecule has 0 bridgehead atoms. The van der Waals surface area contributed by atoms with Crippen LogP contribution in [0.2, 0.25) is 0 Å². The lowest BCUT2D eigenvalue weighted by molar-refractivity contribution is -0.117. The summed E-state index contributed by atoms with van der Waals surface area (Å²) in [7, 11) is 0. The molecule has 1 fully saturated rings. The van der Waals surface area contributed by atoms with E-state index in [1.54, 1.807) is 6.92 Å². The third-order valence-electron chi connectivity index (χ3n) is 2.27. The maximum absolute atomic E-state index is 10.7. The van der Waals surface area contributed by atoms with E-state index in [2.05, 4.69) is 6.92 Å². The predicted octanol–water partition coefficient (Wildman–Crippen LogP) is 2.31. The molecular formula is C10H18O2. The Bertz CT molecular complexity index is 154. The van der Waals surface area contributed by atoms with Gasteiger partial charge < -0.3 is 4.74 Å². The number of Topliss-reactive ketones (excluding diaryl/α,β-unsaturated/α-hetero) is 1. The fraction of sp³-hybridized carbons (Fsp3) is 0.900. The third kappa shape index (κ3) is 3.35. The highest BCUT2D eigenvalue weighted by Crippen LogP contribution is 2.29. The first-order chi connectivity index (χ1) is 5.74. The molecule has 0 spiro atoms. The zero-order valence-electron chi connectivity index (χ0n) is 8.01. The van der Waals surface area contributed by atoms with Gasteiger partial charge in [-0.25, -0.2) is 0 Å². The topological polar surface area (TPSA) is 29.6 Å². The SMILES string of the molecule is CCCCC[C@@H]1O[C@@H]1CC(C)=O. The van der Waals surface area contributed by atoms with Gasteiger partial charge in [-0.15, -0.1) is 0 Å². The van der Waals surface area contributed by atoms with Gasteiger partial charge in [0.05, 0.1) is 12.2 Å². The van der Waals surface area contributed by atoms with Gasteiger partial charge in [-0.1, -0.05) is 26.2 Å². The summed E-state index contributed by atoms with van der Waals surface area (Å²) in [5.74, 6) is 0.248. The van der Waals surface area contributed by atoms with Crippen molar-refractivity contribution in [3.63, 3.8) is 0 Å². The van der Waals surface area contributed by atoms with Crippen LogP contribution in [0.15, 0.2) is 0 Å². The van der Waals surface area contributed by atoms with Crippen LogP contribution in [0, 0.1) is 0 Å². The summed E-state index contributed by atoms with van der Waals surface area (Å²) in [5.41, 5.74) is 0. The van der Waals surface area contributed by atoms with Crippen LogP contribution in [0.4, 0.5) is 0 Å². The van der Waals surface area contributed by atoms with Crippen molar-refractivity contribution in [3.05, 3.63) is 0 Å². The lowest BCUT2D eigenvalue weighted by atomic mass is 10.1. The molecule has 12 heavy (non-hydrogen) atoms. The smallest absolute Gasteiger partial charge is 0.132 e. The van der Waals surface area contributed by atoms with Gasteiger partial charge in [0, 0.05) is 6.42 Å². The highest BCUT2D eigenvalue weighted by atomic mass is 16.6. The Labute approximate surface area is 74.3 Å². The molecule has 0 aromatic heterocycles. The molecule has 2 heteroatoms. The van der Waals surface area contributed by atoms with E-state index in [1.807, 2.05) is 0 Å². The van der Waals surface area contributed by atoms with Gasteiger partial charge in [0.1, 0.15) is 5.78 Å². The zero-order chi connectivity index (χ0) is 8.97. The van der Waals surface area contributed by atoms with Gasteiger partial charge in [0.15, 0.2) is 0 Å². The number of rotatable bonds is 6. The van der Waals surface area contributed by atoms with Gasteiger partial charge in [0.25, 0.3) is 0 Å². The molecule has 1 saturated heterocycles. The fourth-order valence-corrected chi connectivity index (χ4v) is 1.49. The molecule has 2 atom stereocenters. The minimum atomic E-state index is 0.248. The van der Waals surface area contributed by atoms with Crippen molar-refractivity contribution >= 4 is 5.78 Å². The second kappa shape index (κ2) is 4.61. The van der Waals surface area contributed by atoms with Crippen LogP contribution in [0.25, 0.3) is 0 Å². The molecule has 0 radical (unpaired) electrons. The van der Waals surface area contributed by atoms with Gasteiger partial charge in [-0.2, -0.15) is 0 Å². The normalized spacial score (nSPS) is 27.2. The average molecular weight is 170 g/mol. The minimum Gasteiger partial charge on any atom is -0.369 e. The van der Waals surface area contributed by atoms with Crippen molar-refractivity contribution in [2.24, 2.45) is 0 Å². The third-order valence-corrected chi connectivity index (χ3v) is 2.27. The number of unbranched alkanes of at least 4 members (excludes halogenated alkanes) is 2. The molecule has 0 aliphatic carbocycles. The first kappa shape index (κ1) is 9.72. The monoisotopic (exact) mass is 170 g/mol. The molecule has 0 unspecified atom stereocenters. The van der Waals surface area contributed by atoms with Crippen molar-refractivity contribution in [2.75, 3.05) is 0 Å². The number of carbonyl (C=O) groups excluding carboxylic acids is 1. The number of hydrogen-bond acceptors (Lipinski definition) is 2. The quantitative estimate of drug-likeness (QED) is 0.452. The molecule has 0 aromatic carbocycles. The van der Waals surface area contributed by atoms with Gasteiger partial charge in [-0.3, -0.25) is 4.79 Å². The van der Waals surface area contributed by atoms with E-state index in [9.17, 15) is 4.79 Å². The van der Waals surface area contributed by atoms with Gasteiger partial charge >= 0.3 is 0 Å². The summed E-state index contributed by atoms with van der Waals surface area (Å²) in [6, 6.07) is 0. The Kier molecular flexibility index (Phi) is 3.73. The second-order valence-electron chi connectivity index (χ2n) is 3.61. The maximum Gasteiger partial charge on any atom is 0.132 e.